The molecule has 1 heterocycles. The molecule has 1 fully saturated rings. The Morgan fingerprint density at radius 2 is 2.00 bits per heavy atom. The van der Waals surface area contributed by atoms with Gasteiger partial charge < -0.3 is 15.2 Å². The van der Waals surface area contributed by atoms with Crippen LogP contribution < -0.4 is 10.1 Å². The second kappa shape index (κ2) is 8.18. The van der Waals surface area contributed by atoms with E-state index in [-0.39, 0.29) is 5.75 Å². The average molecular weight is 371 g/mol. The molecule has 4 nitrogen and oxygen atoms in total. The van der Waals surface area contributed by atoms with Gasteiger partial charge in [0.15, 0.2) is 11.5 Å². The molecule has 2 N–H and O–H groups in total. The topological polar surface area (TPSA) is 44.7 Å². The smallest absolute Gasteiger partial charge is 0.172 e. The van der Waals surface area contributed by atoms with Gasteiger partial charge in [0.25, 0.3) is 0 Å². The third-order valence-corrected chi connectivity index (χ3v) is 5.02. The Hall–Kier alpha value is -0.780. The maximum atomic E-state index is 10.1. The van der Waals surface area contributed by atoms with E-state index in [0.717, 1.165) is 32.6 Å². The summed E-state index contributed by atoms with van der Waals surface area (Å²) in [6, 6.07) is 4.39. The molecule has 2 rings (SSSR count). The first-order chi connectivity index (χ1) is 10.6. The molecule has 0 amide bonds. The van der Waals surface area contributed by atoms with E-state index < -0.39 is 0 Å². The lowest BCUT2D eigenvalue weighted by Gasteiger charge is -2.38. The summed E-state index contributed by atoms with van der Waals surface area (Å²) < 4.78 is 6.30. The van der Waals surface area contributed by atoms with E-state index in [1.54, 1.807) is 0 Å². The van der Waals surface area contributed by atoms with Crippen LogP contribution in [0.5, 0.6) is 11.5 Å². The molecule has 1 saturated heterocycles. The molecule has 1 aromatic carbocycles. The van der Waals surface area contributed by atoms with Crippen molar-refractivity contribution in [3.05, 3.63) is 22.2 Å². The van der Waals surface area contributed by atoms with Gasteiger partial charge in [0, 0.05) is 32.2 Å². The molecule has 0 aromatic heterocycles. The summed E-state index contributed by atoms with van der Waals surface area (Å²) >= 11 is 3.47. The lowest BCUT2D eigenvalue weighted by atomic mass is 9.90. The van der Waals surface area contributed by atoms with Gasteiger partial charge in [0.1, 0.15) is 0 Å². The zero-order valence-electron chi connectivity index (χ0n) is 13.7. The number of phenolic OH excluding ortho intramolecular Hbond substituents is 1. The summed E-state index contributed by atoms with van der Waals surface area (Å²) in [5.41, 5.74) is 1.21. The van der Waals surface area contributed by atoms with Crippen molar-refractivity contribution in [1.82, 2.24) is 10.2 Å². The molecule has 2 atom stereocenters. The fraction of sp³-hybridized carbons (Fsp3) is 0.647. The van der Waals surface area contributed by atoms with Crippen LogP contribution in [0.1, 0.15) is 38.8 Å². The largest absolute Gasteiger partial charge is 0.503 e. The van der Waals surface area contributed by atoms with Crippen molar-refractivity contribution >= 4 is 15.9 Å². The number of rotatable bonds is 6. The third-order valence-electron chi connectivity index (χ3n) is 4.42. The number of benzene rings is 1. The third kappa shape index (κ3) is 3.94. The number of phenols is 1. The number of nitrogens with zero attached hydrogens (tertiary/aromatic N) is 1. The first-order valence-corrected chi connectivity index (χ1v) is 8.97. The van der Waals surface area contributed by atoms with Crippen molar-refractivity contribution in [2.24, 2.45) is 5.92 Å². The number of piperazine rings is 1. The zero-order valence-corrected chi connectivity index (χ0v) is 15.3. The Balaban J connectivity index is 2.37. The van der Waals surface area contributed by atoms with Gasteiger partial charge in [0.2, 0.25) is 0 Å². The first-order valence-electron chi connectivity index (χ1n) is 8.18. The molecule has 124 valence electrons. The van der Waals surface area contributed by atoms with Crippen LogP contribution in [0.2, 0.25) is 0 Å². The Morgan fingerprint density at radius 3 is 2.59 bits per heavy atom. The Bertz CT molecular complexity index is 490. The van der Waals surface area contributed by atoms with E-state index in [2.05, 4.69) is 40.0 Å². The second-order valence-electron chi connectivity index (χ2n) is 5.90. The van der Waals surface area contributed by atoms with Crippen molar-refractivity contribution < 1.29 is 9.84 Å². The van der Waals surface area contributed by atoms with Crippen LogP contribution in [0.25, 0.3) is 0 Å². The lowest BCUT2D eigenvalue weighted by Crippen LogP contribution is -2.46. The molecule has 0 bridgehead atoms. The van der Waals surface area contributed by atoms with Crippen molar-refractivity contribution in [3.8, 4) is 11.5 Å². The fourth-order valence-corrected chi connectivity index (χ4v) is 3.57. The minimum absolute atomic E-state index is 0.189. The van der Waals surface area contributed by atoms with E-state index in [9.17, 15) is 5.11 Å². The highest BCUT2D eigenvalue weighted by Gasteiger charge is 2.28. The van der Waals surface area contributed by atoms with Crippen LogP contribution in [0.3, 0.4) is 0 Å². The predicted molar refractivity (Wildman–Crippen MR) is 93.6 cm³/mol. The SMILES string of the molecule is CCOc1cc([C@@H](C(C)CC)N2CCNCC2)cc(Br)c1O. The van der Waals surface area contributed by atoms with E-state index in [4.69, 9.17) is 4.74 Å². The van der Waals surface area contributed by atoms with E-state index >= 15 is 0 Å². The molecule has 0 spiro atoms. The van der Waals surface area contributed by atoms with Gasteiger partial charge in [-0.15, -0.1) is 0 Å². The van der Waals surface area contributed by atoms with Gasteiger partial charge in [-0.1, -0.05) is 20.3 Å². The number of ether oxygens (including phenoxy) is 1. The van der Waals surface area contributed by atoms with E-state index in [0.29, 0.717) is 28.8 Å². The molecule has 1 unspecified atom stereocenters. The first kappa shape index (κ1) is 17.6. The fourth-order valence-electron chi connectivity index (χ4n) is 3.11. The van der Waals surface area contributed by atoms with E-state index in [1.807, 2.05) is 19.1 Å². The predicted octanol–water partition coefficient (Wildman–Crippen LogP) is 3.55. The van der Waals surface area contributed by atoms with Gasteiger partial charge in [-0.25, -0.2) is 0 Å². The van der Waals surface area contributed by atoms with Crippen LogP contribution >= 0.6 is 15.9 Å². The van der Waals surface area contributed by atoms with Gasteiger partial charge in [-0.05, 0) is 46.5 Å². The molecule has 5 heteroatoms. The highest BCUT2D eigenvalue weighted by atomic mass is 79.9. The molecule has 0 radical (unpaired) electrons. The van der Waals surface area contributed by atoms with Crippen LogP contribution in [-0.2, 0) is 0 Å². The van der Waals surface area contributed by atoms with Gasteiger partial charge >= 0.3 is 0 Å². The molecule has 22 heavy (non-hydrogen) atoms. The number of nitrogens with one attached hydrogen (secondary N) is 1. The zero-order chi connectivity index (χ0) is 16.1. The quantitative estimate of drug-likeness (QED) is 0.803. The van der Waals surface area contributed by atoms with Crippen molar-refractivity contribution in [2.75, 3.05) is 32.8 Å². The minimum Gasteiger partial charge on any atom is -0.503 e. The van der Waals surface area contributed by atoms with Crippen molar-refractivity contribution in [3.63, 3.8) is 0 Å². The number of hydrogen-bond donors (Lipinski definition) is 2. The molecule has 1 aliphatic rings. The maximum absolute atomic E-state index is 10.1. The standard InChI is InChI=1S/C17H27BrN2O2/c1-4-12(3)16(20-8-6-19-7-9-20)13-10-14(18)17(21)15(11-13)22-5-2/h10-12,16,19,21H,4-9H2,1-3H3/t12?,16-/m1/s1. The summed E-state index contributed by atoms with van der Waals surface area (Å²) in [7, 11) is 0. The number of halogens is 1. The van der Waals surface area contributed by atoms with Crippen LogP contribution in [-0.4, -0.2) is 42.8 Å². The van der Waals surface area contributed by atoms with Crippen molar-refractivity contribution in [2.45, 2.75) is 33.2 Å². The van der Waals surface area contributed by atoms with Crippen LogP contribution in [0.15, 0.2) is 16.6 Å². The monoisotopic (exact) mass is 370 g/mol. The summed E-state index contributed by atoms with van der Waals surface area (Å²) in [5.74, 6) is 1.30. The van der Waals surface area contributed by atoms with Crippen LogP contribution in [0, 0.1) is 5.92 Å². The minimum atomic E-state index is 0.189. The highest BCUT2D eigenvalue weighted by molar-refractivity contribution is 9.10. The summed E-state index contributed by atoms with van der Waals surface area (Å²) in [6.07, 6.45) is 1.12. The average Bonchev–Trinajstić information content (AvgIpc) is 2.53. The molecule has 0 aliphatic carbocycles. The molecular formula is C17H27BrN2O2. The number of hydrogen-bond acceptors (Lipinski definition) is 4. The lowest BCUT2D eigenvalue weighted by molar-refractivity contribution is 0.128. The Morgan fingerprint density at radius 1 is 1.32 bits per heavy atom. The maximum Gasteiger partial charge on any atom is 0.172 e. The van der Waals surface area contributed by atoms with Gasteiger partial charge in [-0.3, -0.25) is 4.90 Å². The molecule has 1 aliphatic heterocycles. The molecular weight excluding hydrogens is 344 g/mol. The Labute approximate surface area is 142 Å². The summed E-state index contributed by atoms with van der Waals surface area (Å²) in [5, 5.41) is 13.6. The normalized spacial score (nSPS) is 18.9. The van der Waals surface area contributed by atoms with Gasteiger partial charge in [0.05, 0.1) is 11.1 Å². The molecule has 1 aromatic rings. The summed E-state index contributed by atoms with van der Waals surface area (Å²) in [4.78, 5) is 2.54. The second-order valence-corrected chi connectivity index (χ2v) is 6.75. The number of aromatic hydroxyl groups is 1. The molecule has 0 saturated carbocycles. The summed E-state index contributed by atoms with van der Waals surface area (Å²) in [6.45, 7) is 11.2. The highest BCUT2D eigenvalue weighted by Crippen LogP contribution is 2.40. The van der Waals surface area contributed by atoms with E-state index in [1.165, 1.54) is 5.56 Å². The van der Waals surface area contributed by atoms with Crippen molar-refractivity contribution in [1.29, 1.82) is 0 Å². The Kier molecular flexibility index (Phi) is 6.53. The van der Waals surface area contributed by atoms with Gasteiger partial charge in [-0.2, -0.15) is 0 Å². The van der Waals surface area contributed by atoms with Crippen LogP contribution in [0.4, 0.5) is 0 Å².